The summed E-state index contributed by atoms with van der Waals surface area (Å²) in [5, 5.41) is 2.66. The molecule has 0 aliphatic rings. The van der Waals surface area contributed by atoms with Crippen molar-refractivity contribution in [1.82, 2.24) is 4.57 Å². The van der Waals surface area contributed by atoms with Gasteiger partial charge in [0.1, 0.15) is 0 Å². The van der Waals surface area contributed by atoms with Gasteiger partial charge >= 0.3 is 0 Å². The van der Waals surface area contributed by atoms with Gasteiger partial charge in [-0.3, -0.25) is 0 Å². The molecule has 1 heterocycles. The highest BCUT2D eigenvalue weighted by molar-refractivity contribution is 6.18. The standard InChI is InChI=1S/C16H16ClN/c1-12(10-17)11-18-15-8-4-2-6-13(15)14-7-3-5-9-16(14)18/h2-9,12H,10-11H2,1H3. The highest BCUT2D eigenvalue weighted by Crippen LogP contribution is 2.29. The van der Waals surface area contributed by atoms with Gasteiger partial charge in [0.25, 0.3) is 0 Å². The summed E-state index contributed by atoms with van der Waals surface area (Å²) in [6.07, 6.45) is 0. The first-order chi connectivity index (χ1) is 8.81. The molecule has 0 amide bonds. The number of rotatable bonds is 3. The summed E-state index contributed by atoms with van der Waals surface area (Å²) < 4.78 is 2.39. The molecule has 0 spiro atoms. The van der Waals surface area contributed by atoms with Crippen molar-refractivity contribution in [3.8, 4) is 0 Å². The van der Waals surface area contributed by atoms with Crippen molar-refractivity contribution in [1.29, 1.82) is 0 Å². The van der Waals surface area contributed by atoms with Gasteiger partial charge in [0.2, 0.25) is 0 Å². The second kappa shape index (κ2) is 4.66. The van der Waals surface area contributed by atoms with Gasteiger partial charge in [-0.1, -0.05) is 43.3 Å². The minimum atomic E-state index is 0.478. The Bertz CT molecular complexity index is 630. The number of halogens is 1. The van der Waals surface area contributed by atoms with Crippen molar-refractivity contribution < 1.29 is 0 Å². The van der Waals surface area contributed by atoms with Crippen molar-refractivity contribution in [2.75, 3.05) is 5.88 Å². The Morgan fingerprint density at radius 1 is 0.944 bits per heavy atom. The van der Waals surface area contributed by atoms with Gasteiger partial charge in [-0.15, -0.1) is 11.6 Å². The largest absolute Gasteiger partial charge is 0.340 e. The van der Waals surface area contributed by atoms with E-state index in [-0.39, 0.29) is 0 Å². The zero-order chi connectivity index (χ0) is 12.5. The molecular formula is C16H16ClN. The predicted octanol–water partition coefficient (Wildman–Crippen LogP) is 4.67. The maximum Gasteiger partial charge on any atom is 0.0491 e. The van der Waals surface area contributed by atoms with Gasteiger partial charge in [-0.05, 0) is 18.1 Å². The van der Waals surface area contributed by atoms with Crippen molar-refractivity contribution in [3.05, 3.63) is 48.5 Å². The second-order valence-corrected chi connectivity index (χ2v) is 5.21. The third kappa shape index (κ3) is 1.79. The summed E-state index contributed by atoms with van der Waals surface area (Å²) in [5.74, 6) is 1.17. The fraction of sp³-hybridized carbons (Fsp3) is 0.250. The molecule has 1 nitrogen and oxygen atoms in total. The summed E-state index contributed by atoms with van der Waals surface area (Å²) in [6.45, 7) is 3.16. The summed E-state index contributed by atoms with van der Waals surface area (Å²) in [5.41, 5.74) is 2.60. The molecule has 0 aliphatic heterocycles. The fourth-order valence-corrected chi connectivity index (χ4v) is 2.66. The van der Waals surface area contributed by atoms with E-state index in [2.05, 4.69) is 60.0 Å². The van der Waals surface area contributed by atoms with E-state index in [0.29, 0.717) is 11.8 Å². The fourth-order valence-electron chi connectivity index (χ4n) is 2.56. The van der Waals surface area contributed by atoms with Crippen LogP contribution in [0.5, 0.6) is 0 Å². The Hall–Kier alpha value is -1.47. The molecule has 0 bridgehead atoms. The van der Waals surface area contributed by atoms with E-state index in [9.17, 15) is 0 Å². The molecule has 1 unspecified atom stereocenters. The van der Waals surface area contributed by atoms with Gasteiger partial charge in [0.05, 0.1) is 0 Å². The van der Waals surface area contributed by atoms with Crippen LogP contribution in [0.15, 0.2) is 48.5 Å². The van der Waals surface area contributed by atoms with Crippen LogP contribution in [0.1, 0.15) is 6.92 Å². The first-order valence-electron chi connectivity index (χ1n) is 6.33. The zero-order valence-electron chi connectivity index (χ0n) is 10.4. The average Bonchev–Trinajstić information content (AvgIpc) is 2.74. The highest BCUT2D eigenvalue weighted by atomic mass is 35.5. The first kappa shape index (κ1) is 11.6. The van der Waals surface area contributed by atoms with Crippen molar-refractivity contribution in [3.63, 3.8) is 0 Å². The quantitative estimate of drug-likeness (QED) is 0.601. The lowest BCUT2D eigenvalue weighted by atomic mass is 10.2. The van der Waals surface area contributed by atoms with E-state index in [1.807, 2.05) is 0 Å². The monoisotopic (exact) mass is 257 g/mol. The molecule has 1 atom stereocenters. The Morgan fingerprint density at radius 3 is 1.94 bits per heavy atom. The highest BCUT2D eigenvalue weighted by Gasteiger charge is 2.11. The maximum atomic E-state index is 5.96. The molecule has 0 fully saturated rings. The van der Waals surface area contributed by atoms with Crippen LogP contribution in [0, 0.1) is 5.92 Å². The molecule has 0 saturated heterocycles. The van der Waals surface area contributed by atoms with E-state index < -0.39 is 0 Å². The molecule has 18 heavy (non-hydrogen) atoms. The smallest absolute Gasteiger partial charge is 0.0491 e. The zero-order valence-corrected chi connectivity index (χ0v) is 11.2. The number of nitrogens with zero attached hydrogens (tertiary/aromatic N) is 1. The SMILES string of the molecule is CC(CCl)Cn1c2ccccc2c2ccccc21. The van der Waals surface area contributed by atoms with Crippen LogP contribution in [0.25, 0.3) is 21.8 Å². The van der Waals surface area contributed by atoms with Crippen LogP contribution in [-0.2, 0) is 6.54 Å². The van der Waals surface area contributed by atoms with Crippen molar-refractivity contribution >= 4 is 33.4 Å². The lowest BCUT2D eigenvalue weighted by Gasteiger charge is -2.11. The molecule has 92 valence electrons. The topological polar surface area (TPSA) is 4.93 Å². The summed E-state index contributed by atoms with van der Waals surface area (Å²) in [4.78, 5) is 0. The number of hydrogen-bond donors (Lipinski definition) is 0. The van der Waals surface area contributed by atoms with E-state index >= 15 is 0 Å². The molecular weight excluding hydrogens is 242 g/mol. The third-order valence-electron chi connectivity index (χ3n) is 3.44. The van der Waals surface area contributed by atoms with E-state index in [1.165, 1.54) is 21.8 Å². The van der Waals surface area contributed by atoms with Crippen LogP contribution in [0.2, 0.25) is 0 Å². The number of hydrogen-bond acceptors (Lipinski definition) is 0. The summed E-state index contributed by atoms with van der Waals surface area (Å²) >= 11 is 5.96. The van der Waals surface area contributed by atoms with Gasteiger partial charge in [-0.25, -0.2) is 0 Å². The molecule has 1 aromatic heterocycles. The molecule has 2 aromatic carbocycles. The number of benzene rings is 2. The van der Waals surface area contributed by atoms with Gasteiger partial charge in [0, 0.05) is 34.2 Å². The maximum absolute atomic E-state index is 5.96. The summed E-state index contributed by atoms with van der Waals surface area (Å²) in [6, 6.07) is 17.2. The lowest BCUT2D eigenvalue weighted by Crippen LogP contribution is -2.08. The van der Waals surface area contributed by atoms with Crippen LogP contribution in [0.3, 0.4) is 0 Å². The predicted molar refractivity (Wildman–Crippen MR) is 79.3 cm³/mol. The Kier molecular flexibility index (Phi) is 3.00. The molecule has 0 saturated carbocycles. The Balaban J connectivity index is 2.31. The lowest BCUT2D eigenvalue weighted by molar-refractivity contribution is 0.551. The third-order valence-corrected chi connectivity index (χ3v) is 3.96. The molecule has 3 aromatic rings. The van der Waals surface area contributed by atoms with Crippen LogP contribution in [0.4, 0.5) is 0 Å². The van der Waals surface area contributed by atoms with Crippen molar-refractivity contribution in [2.24, 2.45) is 5.92 Å². The molecule has 0 aliphatic carbocycles. The molecule has 2 heteroatoms. The molecule has 3 rings (SSSR count). The van der Waals surface area contributed by atoms with Gasteiger partial charge < -0.3 is 4.57 Å². The molecule has 0 radical (unpaired) electrons. The normalized spacial score (nSPS) is 13.2. The molecule has 0 N–H and O–H groups in total. The Morgan fingerprint density at radius 2 is 1.44 bits per heavy atom. The van der Waals surface area contributed by atoms with Crippen LogP contribution < -0.4 is 0 Å². The Labute approximate surface area is 112 Å². The van der Waals surface area contributed by atoms with E-state index in [4.69, 9.17) is 11.6 Å². The second-order valence-electron chi connectivity index (χ2n) is 4.90. The minimum Gasteiger partial charge on any atom is -0.340 e. The first-order valence-corrected chi connectivity index (χ1v) is 6.86. The number of alkyl halides is 1. The van der Waals surface area contributed by atoms with Crippen molar-refractivity contribution in [2.45, 2.75) is 13.5 Å². The summed E-state index contributed by atoms with van der Waals surface area (Å²) in [7, 11) is 0. The number of aromatic nitrogens is 1. The minimum absolute atomic E-state index is 0.478. The number of fused-ring (bicyclic) bond motifs is 3. The van der Waals surface area contributed by atoms with E-state index in [0.717, 1.165) is 6.54 Å². The van der Waals surface area contributed by atoms with Crippen LogP contribution in [-0.4, -0.2) is 10.4 Å². The van der Waals surface area contributed by atoms with Gasteiger partial charge in [0.15, 0.2) is 0 Å². The van der Waals surface area contributed by atoms with Crippen LogP contribution >= 0.6 is 11.6 Å². The van der Waals surface area contributed by atoms with Gasteiger partial charge in [-0.2, -0.15) is 0 Å². The van der Waals surface area contributed by atoms with E-state index in [1.54, 1.807) is 0 Å². The number of para-hydroxylation sites is 2. The average molecular weight is 258 g/mol.